The Bertz CT molecular complexity index is 2760. The van der Waals surface area contributed by atoms with Crippen molar-refractivity contribution >= 4 is 63.4 Å². The zero-order valence-corrected chi connectivity index (χ0v) is 42.2. The molecule has 3 fully saturated rings. The van der Waals surface area contributed by atoms with Crippen LogP contribution in [0.25, 0.3) is 10.9 Å². The first-order chi connectivity index (χ1) is 34.7. The normalized spacial score (nSPS) is 19.2. The number of piperidine rings is 2. The lowest BCUT2D eigenvalue weighted by molar-refractivity contribution is -0.140. The minimum atomic E-state index is -3.64. The Kier molecular flexibility index (Phi) is 15.9. The maximum Gasteiger partial charge on any atom is 0.342 e. The molecule has 20 nitrogen and oxygen atoms in total. The van der Waals surface area contributed by atoms with Crippen LogP contribution >= 0.6 is 0 Å². The molecule has 1 unspecified atom stereocenters. The van der Waals surface area contributed by atoms with Crippen molar-refractivity contribution in [2.45, 2.75) is 127 Å². The van der Waals surface area contributed by atoms with Crippen LogP contribution in [0.1, 0.15) is 108 Å². The molecule has 394 valence electrons. The van der Waals surface area contributed by atoms with E-state index in [-0.39, 0.29) is 65.3 Å². The van der Waals surface area contributed by atoms with Crippen molar-refractivity contribution in [3.05, 3.63) is 58.3 Å². The van der Waals surface area contributed by atoms with Gasteiger partial charge in [0.25, 0.3) is 23.3 Å². The molecule has 2 saturated heterocycles. The number of aromatic nitrogens is 5. The first-order valence-electron chi connectivity index (χ1n) is 24.9. The van der Waals surface area contributed by atoms with E-state index < -0.39 is 58.8 Å². The number of anilines is 5. The lowest BCUT2D eigenvalue weighted by Gasteiger charge is -2.34. The minimum absolute atomic E-state index is 0.0260. The fourth-order valence-corrected chi connectivity index (χ4v) is 9.82. The van der Waals surface area contributed by atoms with Gasteiger partial charge in [-0.3, -0.25) is 29.3 Å². The molecule has 4 N–H and O–H groups in total. The number of ether oxygens (including phenoxy) is 3. The number of methoxy groups -OCH3 is 1. The number of alkyl halides is 2. The summed E-state index contributed by atoms with van der Waals surface area (Å²) >= 11 is 0. The van der Waals surface area contributed by atoms with Gasteiger partial charge in [-0.2, -0.15) is 18.4 Å². The highest BCUT2D eigenvalue weighted by atomic mass is 19.3. The molecule has 0 spiro atoms. The molecule has 1 aliphatic carbocycles. The summed E-state index contributed by atoms with van der Waals surface area (Å²) in [6.07, 6.45) is 7.22. The molecule has 0 radical (unpaired) electrons. The molecule has 4 aliphatic rings. The van der Waals surface area contributed by atoms with Crippen molar-refractivity contribution in [3.63, 3.8) is 0 Å². The van der Waals surface area contributed by atoms with Gasteiger partial charge in [-0.05, 0) is 90.8 Å². The predicted molar refractivity (Wildman–Crippen MR) is 266 cm³/mol. The SMILES string of the molecule is COc1cc(C(=O)NC2CCN(CCOC(C)(C)CCOC(C)(C)CCNc3cccc4nnn(C5CCC(=O)NC5=O)c(=O)c34)CC2)c(F)cc1Nc1ncc2c(n1)N(C1CCCC1)CC(F)(F)C(=O)N2C. The zero-order valence-electron chi connectivity index (χ0n) is 42.2. The fraction of sp³-hybridized carbons (Fsp3) is 0.580. The van der Waals surface area contributed by atoms with Crippen molar-refractivity contribution in [1.82, 2.24) is 40.5 Å². The molecule has 4 aromatic rings. The Morgan fingerprint density at radius 1 is 0.945 bits per heavy atom. The molecular weight excluding hydrogens is 954 g/mol. The third-order valence-corrected chi connectivity index (χ3v) is 14.2. The molecule has 2 aromatic heterocycles. The summed E-state index contributed by atoms with van der Waals surface area (Å²) in [5.41, 5.74) is -0.450. The number of halogens is 3. The van der Waals surface area contributed by atoms with E-state index in [9.17, 15) is 24.0 Å². The van der Waals surface area contributed by atoms with Gasteiger partial charge in [0.15, 0.2) is 5.82 Å². The predicted octanol–water partition coefficient (Wildman–Crippen LogP) is 5.49. The van der Waals surface area contributed by atoms with E-state index in [4.69, 9.17) is 14.2 Å². The van der Waals surface area contributed by atoms with E-state index in [0.717, 1.165) is 28.5 Å². The summed E-state index contributed by atoms with van der Waals surface area (Å²) in [6.45, 7) is 10.8. The Morgan fingerprint density at radius 3 is 2.40 bits per heavy atom. The lowest BCUT2D eigenvalue weighted by atomic mass is 10.0. The average molecular weight is 1020 g/mol. The molecule has 4 amide bonds. The van der Waals surface area contributed by atoms with Gasteiger partial charge in [0.1, 0.15) is 28.8 Å². The summed E-state index contributed by atoms with van der Waals surface area (Å²) < 4.78 is 65.1. The van der Waals surface area contributed by atoms with Crippen LogP contribution in [0.5, 0.6) is 5.75 Å². The molecule has 73 heavy (non-hydrogen) atoms. The number of rotatable bonds is 19. The van der Waals surface area contributed by atoms with Gasteiger partial charge in [-0.1, -0.05) is 24.1 Å². The average Bonchev–Trinajstić information content (AvgIpc) is 3.87. The molecule has 1 atom stereocenters. The number of fused-ring (bicyclic) bond motifs is 2. The maximum atomic E-state index is 15.7. The number of nitrogens with one attached hydrogen (secondary N) is 4. The highest BCUT2D eigenvalue weighted by Gasteiger charge is 2.49. The standard InChI is InChI=1S/C50H65F3N12O8/c1-48(2,18-20-54-34-12-9-13-35-41(34)45(69)65(61-60-35)37-14-15-40(66)58-44(37)68)72-24-19-49(3,4)73-25-23-63-21-16-30(17-22-63)56-43(67)32-26-39(71-6)36(27-33(32)51)57-47-55-28-38-42(59-47)64(31-10-7-8-11-31)29-50(52,53)46(70)62(38)5/h9,12-13,26-28,30-31,37,54H,7-8,10-11,14-25,29H2,1-6H3,(H,56,67)(H,55,57,59)(H,58,66,68). The fourth-order valence-electron chi connectivity index (χ4n) is 9.82. The molecule has 5 heterocycles. The number of amides is 4. The van der Waals surface area contributed by atoms with Gasteiger partial charge in [-0.15, -0.1) is 5.10 Å². The molecule has 0 bridgehead atoms. The molecule has 1 saturated carbocycles. The van der Waals surface area contributed by atoms with Crippen LogP contribution < -0.4 is 41.4 Å². The quantitative estimate of drug-likeness (QED) is 0.0852. The molecule has 2 aromatic carbocycles. The highest BCUT2D eigenvalue weighted by molar-refractivity contribution is 6.02. The molecule has 3 aliphatic heterocycles. The Labute approximate surface area is 421 Å². The smallest absolute Gasteiger partial charge is 0.342 e. The first kappa shape index (κ1) is 52.9. The summed E-state index contributed by atoms with van der Waals surface area (Å²) in [7, 11) is 2.64. The van der Waals surface area contributed by atoms with Crippen molar-refractivity contribution in [1.29, 1.82) is 0 Å². The Balaban J connectivity index is 0.767. The summed E-state index contributed by atoms with van der Waals surface area (Å²) in [5.74, 6) is -7.07. The topological polar surface area (TPSA) is 227 Å². The Morgan fingerprint density at radius 2 is 1.67 bits per heavy atom. The second-order valence-corrected chi connectivity index (χ2v) is 20.4. The van der Waals surface area contributed by atoms with Crippen molar-refractivity contribution < 1.29 is 46.6 Å². The number of carbonyl (C=O) groups excluding carboxylic acids is 4. The van der Waals surface area contributed by atoms with Crippen LogP contribution in [0, 0.1) is 5.82 Å². The largest absolute Gasteiger partial charge is 0.495 e. The van der Waals surface area contributed by atoms with E-state index in [2.05, 4.69) is 46.4 Å². The summed E-state index contributed by atoms with van der Waals surface area (Å²) in [6, 6.07) is 6.29. The first-order valence-corrected chi connectivity index (χ1v) is 24.9. The van der Waals surface area contributed by atoms with Gasteiger partial charge in [-0.25, -0.2) is 9.37 Å². The zero-order chi connectivity index (χ0) is 52.2. The van der Waals surface area contributed by atoms with E-state index >= 15 is 13.2 Å². The summed E-state index contributed by atoms with van der Waals surface area (Å²) in [4.78, 5) is 77.3. The number of imide groups is 1. The van der Waals surface area contributed by atoms with Crippen molar-refractivity contribution in [3.8, 4) is 5.75 Å². The highest BCUT2D eigenvalue weighted by Crippen LogP contribution is 2.40. The number of nitrogens with zero attached hydrogens (tertiary/aromatic N) is 8. The molecule has 23 heteroatoms. The van der Waals surface area contributed by atoms with Crippen LogP contribution in [0.4, 0.5) is 42.0 Å². The van der Waals surface area contributed by atoms with Crippen molar-refractivity contribution in [2.75, 3.05) is 80.5 Å². The van der Waals surface area contributed by atoms with E-state index in [1.54, 1.807) is 18.2 Å². The van der Waals surface area contributed by atoms with Gasteiger partial charge in [0.05, 0.1) is 60.9 Å². The van der Waals surface area contributed by atoms with Crippen LogP contribution in [0.15, 0.2) is 41.3 Å². The van der Waals surface area contributed by atoms with Gasteiger partial charge >= 0.3 is 5.92 Å². The number of carbonyl (C=O) groups is 4. The van der Waals surface area contributed by atoms with E-state index in [1.165, 1.54) is 31.3 Å². The third-order valence-electron chi connectivity index (χ3n) is 14.2. The van der Waals surface area contributed by atoms with Gasteiger partial charge in [0.2, 0.25) is 11.9 Å². The monoisotopic (exact) mass is 1020 g/mol. The molecular formula is C50H65F3N12O8. The second kappa shape index (κ2) is 21.9. The van der Waals surface area contributed by atoms with Crippen molar-refractivity contribution in [2.24, 2.45) is 0 Å². The van der Waals surface area contributed by atoms with Crippen LogP contribution in [0.3, 0.4) is 0 Å². The van der Waals surface area contributed by atoms with E-state index in [1.807, 2.05) is 27.7 Å². The summed E-state index contributed by atoms with van der Waals surface area (Å²) in [5, 5.41) is 20.0. The van der Waals surface area contributed by atoms with Crippen LogP contribution in [-0.2, 0) is 23.9 Å². The lowest BCUT2D eigenvalue weighted by Crippen LogP contribution is -2.48. The van der Waals surface area contributed by atoms with Gasteiger partial charge < -0.3 is 44.9 Å². The van der Waals surface area contributed by atoms with Crippen LogP contribution in [-0.4, -0.2) is 143 Å². The van der Waals surface area contributed by atoms with E-state index in [0.29, 0.717) is 94.5 Å². The Hall–Kier alpha value is -6.46. The maximum absolute atomic E-state index is 15.7. The number of benzene rings is 2. The molecule has 8 rings (SSSR count). The number of hydrogen-bond acceptors (Lipinski definition) is 16. The number of hydrogen-bond donors (Lipinski definition) is 4. The number of likely N-dealkylation sites (tertiary alicyclic amines) is 1. The third kappa shape index (κ3) is 12.3. The minimum Gasteiger partial charge on any atom is -0.495 e. The second-order valence-electron chi connectivity index (χ2n) is 20.4. The van der Waals surface area contributed by atoms with Gasteiger partial charge in [0, 0.05) is 63.5 Å². The van der Waals surface area contributed by atoms with Crippen LogP contribution in [0.2, 0.25) is 0 Å².